The van der Waals surface area contributed by atoms with E-state index in [1.54, 1.807) is 24.4 Å². The monoisotopic (exact) mass is 436 g/mol. The van der Waals surface area contributed by atoms with Gasteiger partial charge in [-0.1, -0.05) is 12.1 Å². The lowest BCUT2D eigenvalue weighted by atomic mass is 10.2. The molecule has 12 nitrogen and oxygen atoms in total. The first-order valence-corrected chi connectivity index (χ1v) is 11.3. The summed E-state index contributed by atoms with van der Waals surface area (Å²) in [7, 11) is -7.97. The summed E-state index contributed by atoms with van der Waals surface area (Å²) in [5.74, 6) is 0.217. The number of nitrogens with two attached hydrogens (primary N) is 2. The van der Waals surface area contributed by atoms with Crippen molar-refractivity contribution in [1.29, 1.82) is 0 Å². The maximum absolute atomic E-state index is 12.8. The molecule has 0 spiro atoms. The molecule has 0 amide bonds. The van der Waals surface area contributed by atoms with Crippen molar-refractivity contribution in [3.05, 3.63) is 42.6 Å². The molecule has 1 aliphatic heterocycles. The molecule has 1 aliphatic rings. The lowest BCUT2D eigenvalue weighted by Gasteiger charge is -2.39. The van der Waals surface area contributed by atoms with Gasteiger partial charge in [-0.05, 0) is 33.7 Å². The zero-order valence-corrected chi connectivity index (χ0v) is 16.5. The molecule has 1 saturated heterocycles. The van der Waals surface area contributed by atoms with E-state index in [1.165, 1.54) is 18.2 Å². The highest BCUT2D eigenvalue weighted by molar-refractivity contribution is 7.90. The van der Waals surface area contributed by atoms with Gasteiger partial charge in [0.15, 0.2) is 0 Å². The van der Waals surface area contributed by atoms with Crippen LogP contribution in [0.1, 0.15) is 0 Å². The fourth-order valence-electron chi connectivity index (χ4n) is 2.87. The lowest BCUT2D eigenvalue weighted by Crippen LogP contribution is -2.56. The lowest BCUT2D eigenvalue weighted by molar-refractivity contribution is 0.517. The van der Waals surface area contributed by atoms with Crippen LogP contribution < -0.4 is 15.8 Å². The summed E-state index contributed by atoms with van der Waals surface area (Å²) in [6.07, 6.45) is 1.56. The second-order valence-corrected chi connectivity index (χ2v) is 9.94. The standard InChI is InChI=1S/C15H16N8O4S2/c16-14-6-5-10(7-18-14)22-8-11(9-22)29(26,27)23-20-15(19-21-23)12-3-1-2-4-13(12)28(17,24)25/h1-7,11H,8-9H2,(H2,16,18)(H2,17,24,25). The molecule has 0 unspecified atom stereocenters. The third-order valence-corrected chi connectivity index (χ3v) is 7.18. The molecular formula is C15H16N8O4S2. The molecule has 152 valence electrons. The van der Waals surface area contributed by atoms with Gasteiger partial charge in [0.2, 0.25) is 15.8 Å². The van der Waals surface area contributed by atoms with E-state index in [-0.39, 0.29) is 29.4 Å². The van der Waals surface area contributed by atoms with E-state index in [0.717, 1.165) is 5.69 Å². The topological polar surface area (TPSA) is 180 Å². The first kappa shape index (κ1) is 19.2. The Morgan fingerprint density at radius 1 is 1.03 bits per heavy atom. The van der Waals surface area contributed by atoms with Crippen LogP contribution in [0.2, 0.25) is 0 Å². The van der Waals surface area contributed by atoms with Crippen LogP contribution >= 0.6 is 0 Å². The minimum atomic E-state index is -4.05. The molecule has 14 heteroatoms. The average Bonchev–Trinajstić information content (AvgIpc) is 3.12. The van der Waals surface area contributed by atoms with Crippen molar-refractivity contribution in [2.24, 2.45) is 5.14 Å². The molecule has 2 aromatic heterocycles. The van der Waals surface area contributed by atoms with Gasteiger partial charge in [0.05, 0.1) is 16.8 Å². The van der Waals surface area contributed by atoms with Crippen LogP contribution in [-0.4, -0.2) is 59.8 Å². The van der Waals surface area contributed by atoms with Crippen molar-refractivity contribution in [3.8, 4) is 11.4 Å². The summed E-state index contributed by atoms with van der Waals surface area (Å²) in [5, 5.41) is 15.6. The van der Waals surface area contributed by atoms with Crippen molar-refractivity contribution in [2.75, 3.05) is 23.7 Å². The quantitative estimate of drug-likeness (QED) is 0.505. The van der Waals surface area contributed by atoms with E-state index >= 15 is 0 Å². The second-order valence-electron chi connectivity index (χ2n) is 6.39. The van der Waals surface area contributed by atoms with E-state index in [2.05, 4.69) is 20.4 Å². The molecule has 1 fully saturated rings. The number of sulfonamides is 1. The molecule has 0 saturated carbocycles. The zero-order chi connectivity index (χ0) is 20.8. The third-order valence-electron chi connectivity index (χ3n) is 4.46. The van der Waals surface area contributed by atoms with E-state index < -0.39 is 25.3 Å². The number of tetrazole rings is 1. The third kappa shape index (κ3) is 3.52. The molecule has 3 heterocycles. The summed E-state index contributed by atoms with van der Waals surface area (Å²) in [6, 6.07) is 9.13. The number of anilines is 2. The number of pyridine rings is 1. The Bertz CT molecular complexity index is 1270. The Morgan fingerprint density at radius 3 is 2.41 bits per heavy atom. The Balaban J connectivity index is 1.57. The molecule has 0 atom stereocenters. The number of hydrogen-bond donors (Lipinski definition) is 2. The van der Waals surface area contributed by atoms with E-state index in [1.807, 2.05) is 4.90 Å². The normalized spacial score (nSPS) is 15.3. The SMILES string of the molecule is Nc1ccc(N2CC(S(=O)(=O)n3nnc(-c4ccccc4S(N)(=O)=O)n3)C2)cn1. The van der Waals surface area contributed by atoms with E-state index in [0.29, 0.717) is 10.0 Å². The number of primary sulfonamides is 1. The first-order chi connectivity index (χ1) is 13.7. The van der Waals surface area contributed by atoms with Gasteiger partial charge < -0.3 is 10.6 Å². The first-order valence-electron chi connectivity index (χ1n) is 8.29. The Morgan fingerprint density at radius 2 is 1.76 bits per heavy atom. The zero-order valence-electron chi connectivity index (χ0n) is 14.8. The largest absolute Gasteiger partial charge is 0.384 e. The molecule has 1 aromatic carbocycles. The second kappa shape index (κ2) is 6.75. The summed E-state index contributed by atoms with van der Waals surface area (Å²) in [5.41, 5.74) is 6.37. The molecule has 0 radical (unpaired) electrons. The predicted octanol–water partition coefficient (Wildman–Crippen LogP) is -0.969. The van der Waals surface area contributed by atoms with Gasteiger partial charge in [-0.25, -0.2) is 27.0 Å². The summed E-state index contributed by atoms with van der Waals surface area (Å²) >= 11 is 0. The number of nitrogens with zero attached hydrogens (tertiary/aromatic N) is 6. The molecular weight excluding hydrogens is 420 g/mol. The molecule has 29 heavy (non-hydrogen) atoms. The van der Waals surface area contributed by atoms with Crippen LogP contribution in [0.5, 0.6) is 0 Å². The van der Waals surface area contributed by atoms with Crippen molar-refractivity contribution >= 4 is 31.6 Å². The highest BCUT2D eigenvalue weighted by Crippen LogP contribution is 2.26. The van der Waals surface area contributed by atoms with Crippen molar-refractivity contribution in [3.63, 3.8) is 0 Å². The van der Waals surface area contributed by atoms with Crippen molar-refractivity contribution in [2.45, 2.75) is 10.1 Å². The van der Waals surface area contributed by atoms with Gasteiger partial charge in [0.1, 0.15) is 11.1 Å². The summed E-state index contributed by atoms with van der Waals surface area (Å²) < 4.78 is 49.5. The van der Waals surface area contributed by atoms with Gasteiger partial charge in [0.25, 0.3) is 10.0 Å². The van der Waals surface area contributed by atoms with Crippen LogP contribution in [0.3, 0.4) is 0 Å². The summed E-state index contributed by atoms with van der Waals surface area (Å²) in [4.78, 5) is 5.58. The average molecular weight is 436 g/mol. The fourth-order valence-corrected chi connectivity index (χ4v) is 4.94. The molecule has 4 N–H and O–H groups in total. The number of hydrogen-bond acceptors (Lipinski definition) is 10. The minimum Gasteiger partial charge on any atom is -0.384 e. The smallest absolute Gasteiger partial charge is 0.277 e. The van der Waals surface area contributed by atoms with Crippen LogP contribution in [-0.2, 0) is 20.0 Å². The molecule has 0 bridgehead atoms. The van der Waals surface area contributed by atoms with Gasteiger partial charge in [-0.3, -0.25) is 0 Å². The number of aromatic nitrogens is 5. The Hall–Kier alpha value is -3.10. The van der Waals surface area contributed by atoms with E-state index in [9.17, 15) is 16.8 Å². The maximum atomic E-state index is 12.8. The predicted molar refractivity (Wildman–Crippen MR) is 104 cm³/mol. The van der Waals surface area contributed by atoms with Gasteiger partial charge in [0, 0.05) is 18.7 Å². The van der Waals surface area contributed by atoms with Crippen LogP contribution in [0.15, 0.2) is 47.5 Å². The van der Waals surface area contributed by atoms with Crippen LogP contribution in [0, 0.1) is 0 Å². The Labute approximate surface area is 166 Å². The fraction of sp³-hybridized carbons (Fsp3) is 0.200. The van der Waals surface area contributed by atoms with E-state index in [4.69, 9.17) is 10.9 Å². The van der Waals surface area contributed by atoms with Gasteiger partial charge in [-0.2, -0.15) is 0 Å². The molecule has 0 aliphatic carbocycles. The maximum Gasteiger partial charge on any atom is 0.277 e. The summed E-state index contributed by atoms with van der Waals surface area (Å²) in [6.45, 7) is 0.442. The highest BCUT2D eigenvalue weighted by Gasteiger charge is 2.40. The molecule has 4 rings (SSSR count). The van der Waals surface area contributed by atoms with Crippen molar-refractivity contribution < 1.29 is 16.8 Å². The highest BCUT2D eigenvalue weighted by atomic mass is 32.2. The Kier molecular flexibility index (Phi) is 4.48. The van der Waals surface area contributed by atoms with Gasteiger partial charge >= 0.3 is 0 Å². The van der Waals surface area contributed by atoms with Crippen LogP contribution in [0.4, 0.5) is 11.5 Å². The number of benzene rings is 1. The van der Waals surface area contributed by atoms with Crippen LogP contribution in [0.25, 0.3) is 11.4 Å². The number of nitrogen functional groups attached to an aromatic ring is 1. The molecule has 3 aromatic rings. The number of rotatable bonds is 5. The van der Waals surface area contributed by atoms with Gasteiger partial charge in [-0.15, -0.1) is 10.2 Å². The minimum absolute atomic E-state index is 0.0691. The van der Waals surface area contributed by atoms with Crippen molar-refractivity contribution in [1.82, 2.24) is 24.6 Å².